The molecule has 0 fully saturated rings. The van der Waals surface area contributed by atoms with Crippen LogP contribution in [0.4, 0.5) is 11.4 Å². The van der Waals surface area contributed by atoms with Gasteiger partial charge in [-0.1, -0.05) is 36.0 Å². The van der Waals surface area contributed by atoms with Gasteiger partial charge in [0.05, 0.1) is 11.3 Å². The number of aromatic nitrogens is 2. The molecule has 0 bridgehead atoms. The van der Waals surface area contributed by atoms with Crippen LogP contribution in [0.5, 0.6) is 0 Å². The fourth-order valence-corrected chi connectivity index (χ4v) is 3.09. The molecule has 0 atom stereocenters. The monoisotopic (exact) mass is 352 g/mol. The molecule has 25 heavy (non-hydrogen) atoms. The van der Waals surface area contributed by atoms with E-state index in [-0.39, 0.29) is 17.6 Å². The average Bonchev–Trinajstić information content (AvgIpc) is 2.59. The Morgan fingerprint density at radius 1 is 1.00 bits per heavy atom. The van der Waals surface area contributed by atoms with Gasteiger partial charge in [0.2, 0.25) is 11.8 Å². The molecule has 0 saturated heterocycles. The second-order valence-electron chi connectivity index (χ2n) is 5.29. The molecule has 0 aliphatic carbocycles. The zero-order valence-electron chi connectivity index (χ0n) is 13.5. The molecule has 3 aromatic rings. The number of hydrogen-bond acceptors (Lipinski definition) is 5. The number of thioether (sulfide) groups is 1. The van der Waals surface area contributed by atoms with Gasteiger partial charge in [-0.25, -0.2) is 9.97 Å². The maximum Gasteiger partial charge on any atom is 0.234 e. The largest absolute Gasteiger partial charge is 0.326 e. The van der Waals surface area contributed by atoms with Crippen molar-refractivity contribution in [2.24, 2.45) is 0 Å². The number of carbonyl (C=O) groups excluding carboxylic acids is 2. The second kappa shape index (κ2) is 7.76. The molecule has 0 aliphatic rings. The van der Waals surface area contributed by atoms with Crippen LogP contribution in [0, 0.1) is 0 Å². The lowest BCUT2D eigenvalue weighted by Gasteiger charge is -2.08. The number of amides is 2. The molecule has 0 saturated carbocycles. The Hall–Kier alpha value is -2.93. The third-order valence-electron chi connectivity index (χ3n) is 3.31. The average molecular weight is 352 g/mol. The summed E-state index contributed by atoms with van der Waals surface area (Å²) in [7, 11) is 0. The van der Waals surface area contributed by atoms with Crippen molar-refractivity contribution in [2.75, 3.05) is 16.4 Å². The number of para-hydroxylation sites is 1. The maximum absolute atomic E-state index is 12.2. The van der Waals surface area contributed by atoms with E-state index in [1.165, 1.54) is 25.0 Å². The van der Waals surface area contributed by atoms with Crippen LogP contribution in [0.2, 0.25) is 0 Å². The van der Waals surface area contributed by atoms with Crippen LogP contribution in [-0.2, 0) is 9.59 Å². The molecular weight excluding hydrogens is 336 g/mol. The summed E-state index contributed by atoms with van der Waals surface area (Å²) in [5, 5.41) is 7.20. The fraction of sp³-hybridized carbons (Fsp3) is 0.111. The van der Waals surface area contributed by atoms with Gasteiger partial charge in [0.25, 0.3) is 0 Å². The zero-order valence-corrected chi connectivity index (χ0v) is 14.3. The molecule has 6 nitrogen and oxygen atoms in total. The van der Waals surface area contributed by atoms with E-state index >= 15 is 0 Å². The second-order valence-corrected chi connectivity index (χ2v) is 6.26. The van der Waals surface area contributed by atoms with E-state index in [0.29, 0.717) is 11.4 Å². The lowest BCUT2D eigenvalue weighted by molar-refractivity contribution is -0.114. The van der Waals surface area contributed by atoms with Gasteiger partial charge in [0.15, 0.2) is 0 Å². The fourth-order valence-electron chi connectivity index (χ4n) is 2.30. The van der Waals surface area contributed by atoms with Gasteiger partial charge in [0, 0.05) is 23.7 Å². The topological polar surface area (TPSA) is 84.0 Å². The Labute approximate surface area is 149 Å². The summed E-state index contributed by atoms with van der Waals surface area (Å²) in [4.78, 5) is 31.8. The van der Waals surface area contributed by atoms with Crippen LogP contribution >= 0.6 is 11.8 Å². The van der Waals surface area contributed by atoms with Gasteiger partial charge >= 0.3 is 0 Å². The lowest BCUT2D eigenvalue weighted by Crippen LogP contribution is -2.14. The molecule has 126 valence electrons. The van der Waals surface area contributed by atoms with Crippen LogP contribution < -0.4 is 10.6 Å². The van der Waals surface area contributed by atoms with E-state index in [0.717, 1.165) is 15.9 Å². The number of carbonyl (C=O) groups is 2. The predicted octanol–water partition coefficient (Wildman–Crippen LogP) is 3.32. The van der Waals surface area contributed by atoms with Crippen molar-refractivity contribution < 1.29 is 9.59 Å². The maximum atomic E-state index is 12.2. The van der Waals surface area contributed by atoms with Gasteiger partial charge in [-0.3, -0.25) is 9.59 Å². The summed E-state index contributed by atoms with van der Waals surface area (Å²) in [6.07, 6.45) is 1.50. The van der Waals surface area contributed by atoms with Gasteiger partial charge in [-0.15, -0.1) is 0 Å². The number of anilines is 2. The first kappa shape index (κ1) is 16.9. The number of benzene rings is 2. The summed E-state index contributed by atoms with van der Waals surface area (Å²) in [5.41, 5.74) is 2.12. The van der Waals surface area contributed by atoms with Crippen LogP contribution in [0.1, 0.15) is 6.92 Å². The number of nitrogens with zero attached hydrogens (tertiary/aromatic N) is 2. The van der Waals surface area contributed by atoms with E-state index in [9.17, 15) is 9.59 Å². The highest BCUT2D eigenvalue weighted by molar-refractivity contribution is 8.00. The van der Waals surface area contributed by atoms with Crippen molar-refractivity contribution in [3.05, 3.63) is 54.9 Å². The normalized spacial score (nSPS) is 10.4. The van der Waals surface area contributed by atoms with E-state index in [4.69, 9.17) is 0 Å². The molecular formula is C18H16N4O2S. The van der Waals surface area contributed by atoms with Gasteiger partial charge < -0.3 is 10.6 Å². The van der Waals surface area contributed by atoms with Crippen molar-refractivity contribution >= 4 is 45.9 Å². The van der Waals surface area contributed by atoms with Crippen LogP contribution in [0.25, 0.3) is 10.9 Å². The minimum absolute atomic E-state index is 0.146. The lowest BCUT2D eigenvalue weighted by atomic mass is 10.2. The zero-order chi connectivity index (χ0) is 17.6. The first-order valence-corrected chi connectivity index (χ1v) is 8.60. The highest BCUT2D eigenvalue weighted by Crippen LogP contribution is 2.24. The van der Waals surface area contributed by atoms with Gasteiger partial charge in [0.1, 0.15) is 11.4 Å². The van der Waals surface area contributed by atoms with Gasteiger partial charge in [-0.2, -0.15) is 0 Å². The minimum Gasteiger partial charge on any atom is -0.326 e. The van der Waals surface area contributed by atoms with Crippen molar-refractivity contribution in [2.45, 2.75) is 11.9 Å². The number of fused-ring (bicyclic) bond motifs is 1. The van der Waals surface area contributed by atoms with Crippen LogP contribution in [0.3, 0.4) is 0 Å². The summed E-state index contributed by atoms with van der Waals surface area (Å²) >= 11 is 1.36. The Morgan fingerprint density at radius 2 is 1.76 bits per heavy atom. The van der Waals surface area contributed by atoms with Crippen molar-refractivity contribution in [1.29, 1.82) is 0 Å². The third-order valence-corrected chi connectivity index (χ3v) is 4.32. The minimum atomic E-state index is -0.158. The highest BCUT2D eigenvalue weighted by Gasteiger charge is 2.08. The molecule has 0 unspecified atom stereocenters. The van der Waals surface area contributed by atoms with Crippen LogP contribution in [0.15, 0.2) is 59.9 Å². The van der Waals surface area contributed by atoms with Crippen LogP contribution in [-0.4, -0.2) is 27.5 Å². The number of hydrogen-bond donors (Lipinski definition) is 2. The predicted molar refractivity (Wildman–Crippen MR) is 99.6 cm³/mol. The van der Waals surface area contributed by atoms with Crippen molar-refractivity contribution in [3.8, 4) is 0 Å². The Morgan fingerprint density at radius 3 is 2.56 bits per heavy atom. The van der Waals surface area contributed by atoms with Gasteiger partial charge in [-0.05, 0) is 24.3 Å². The highest BCUT2D eigenvalue weighted by atomic mass is 32.2. The molecule has 0 spiro atoms. The molecule has 1 heterocycles. The molecule has 2 amide bonds. The van der Waals surface area contributed by atoms with E-state index in [2.05, 4.69) is 20.6 Å². The number of rotatable bonds is 5. The van der Waals surface area contributed by atoms with E-state index in [1.54, 1.807) is 24.3 Å². The summed E-state index contributed by atoms with van der Waals surface area (Å²) in [5.74, 6) is -0.0758. The van der Waals surface area contributed by atoms with Crippen molar-refractivity contribution in [3.63, 3.8) is 0 Å². The Kier molecular flexibility index (Phi) is 5.25. The molecule has 3 rings (SSSR count). The SMILES string of the molecule is CC(=O)Nc1cccc(NC(=O)CSc2ncnc3ccccc23)c1. The Balaban J connectivity index is 1.64. The molecule has 2 aromatic carbocycles. The third kappa shape index (κ3) is 4.54. The summed E-state index contributed by atoms with van der Waals surface area (Å²) in [6.45, 7) is 1.44. The van der Waals surface area contributed by atoms with E-state index in [1.807, 2.05) is 24.3 Å². The summed E-state index contributed by atoms with van der Waals surface area (Å²) in [6, 6.07) is 14.7. The quantitative estimate of drug-likeness (QED) is 0.544. The first-order valence-electron chi connectivity index (χ1n) is 7.62. The molecule has 7 heteroatoms. The molecule has 0 radical (unpaired) electrons. The van der Waals surface area contributed by atoms with E-state index < -0.39 is 0 Å². The Bertz CT molecular complexity index is 924. The number of nitrogens with one attached hydrogen (secondary N) is 2. The first-order chi connectivity index (χ1) is 12.1. The molecule has 1 aromatic heterocycles. The standard InChI is InChI=1S/C18H16N4O2S/c1-12(23)21-13-5-4-6-14(9-13)22-17(24)10-25-18-15-7-2-3-8-16(15)19-11-20-18/h2-9,11H,10H2,1H3,(H,21,23)(H,22,24). The smallest absolute Gasteiger partial charge is 0.234 e. The van der Waals surface area contributed by atoms with Crippen molar-refractivity contribution in [1.82, 2.24) is 9.97 Å². The summed E-state index contributed by atoms with van der Waals surface area (Å²) < 4.78 is 0. The molecule has 2 N–H and O–H groups in total. The molecule has 0 aliphatic heterocycles.